The van der Waals surface area contributed by atoms with Gasteiger partial charge in [0.2, 0.25) is 5.82 Å². The second-order valence-electron chi connectivity index (χ2n) is 5.45. The quantitative estimate of drug-likeness (QED) is 0.128. The van der Waals surface area contributed by atoms with Gasteiger partial charge in [0.15, 0.2) is 11.6 Å². The molecule has 1 N–H and O–H groups in total. The zero-order chi connectivity index (χ0) is 20.8. The minimum absolute atomic E-state index is 0.152. The summed E-state index contributed by atoms with van der Waals surface area (Å²) < 4.78 is 68.7. The van der Waals surface area contributed by atoms with E-state index in [1.165, 1.54) is 30.3 Å². The second kappa shape index (κ2) is 8.23. The lowest BCUT2D eigenvalue weighted by molar-refractivity contribution is 0.0728. The van der Waals surface area contributed by atoms with Crippen molar-refractivity contribution in [2.75, 3.05) is 0 Å². The van der Waals surface area contributed by atoms with Gasteiger partial charge in [0.25, 0.3) is 10.1 Å². The Morgan fingerprint density at radius 2 is 1.61 bits per heavy atom. The lowest BCUT2D eigenvalue weighted by Gasteiger charge is -2.14. The van der Waals surface area contributed by atoms with Gasteiger partial charge in [0, 0.05) is 21.5 Å². The third-order valence-electron chi connectivity index (χ3n) is 3.67. The van der Waals surface area contributed by atoms with Crippen LogP contribution in [0.25, 0.3) is 10.8 Å². The molecule has 5 nitrogen and oxygen atoms in total. The second-order valence-corrected chi connectivity index (χ2v) is 10.3. The summed E-state index contributed by atoms with van der Waals surface area (Å²) >= 11 is 5.97. The van der Waals surface area contributed by atoms with Gasteiger partial charge >= 0.3 is 5.97 Å². The first kappa shape index (κ1) is 22.0. The Hall–Kier alpha value is -0.650. The zero-order valence-electron chi connectivity index (χ0n) is 13.3. The van der Waals surface area contributed by atoms with Gasteiger partial charge in [-0.15, -0.1) is 0 Å². The molecular formula is C17H7F2I3O5S. The number of hydrogen-bond acceptors (Lipinski definition) is 4. The van der Waals surface area contributed by atoms with E-state index in [1.54, 1.807) is 0 Å². The van der Waals surface area contributed by atoms with Crippen LogP contribution in [-0.2, 0) is 10.1 Å². The normalized spacial score (nSPS) is 11.6. The topological polar surface area (TPSA) is 80.7 Å². The number of halogens is 5. The molecule has 0 fully saturated rings. The molecule has 0 atom stereocenters. The number of ether oxygens (including phenoxy) is 1. The number of carbonyl (C=O) groups excluding carboxylic acids is 1. The molecule has 0 spiro atoms. The fourth-order valence-corrected chi connectivity index (χ4v) is 5.67. The summed E-state index contributed by atoms with van der Waals surface area (Å²) in [6, 6.07) is 8.62. The number of fused-ring (bicyclic) bond motifs is 1. The summed E-state index contributed by atoms with van der Waals surface area (Å²) in [5.74, 6) is -5.19. The van der Waals surface area contributed by atoms with E-state index >= 15 is 0 Å². The largest absolute Gasteiger partial charge is 0.419 e. The molecule has 0 aliphatic heterocycles. The van der Waals surface area contributed by atoms with Crippen molar-refractivity contribution in [2.24, 2.45) is 0 Å². The first-order valence-electron chi connectivity index (χ1n) is 7.26. The van der Waals surface area contributed by atoms with Crippen molar-refractivity contribution in [3.8, 4) is 5.75 Å². The van der Waals surface area contributed by atoms with Crippen LogP contribution >= 0.6 is 67.8 Å². The molecule has 0 saturated carbocycles. The van der Waals surface area contributed by atoms with Crippen LogP contribution in [0.3, 0.4) is 0 Å². The SMILES string of the molecule is O=C(Oc1c(F)c(F)c(S(=O)(=O)O)c2ccccc12)c1cc(I)cc(I)c1I. The van der Waals surface area contributed by atoms with Crippen LogP contribution in [-0.4, -0.2) is 18.9 Å². The highest BCUT2D eigenvalue weighted by molar-refractivity contribution is 14.1. The molecule has 3 rings (SSSR count). The molecule has 0 aromatic heterocycles. The van der Waals surface area contributed by atoms with Crippen LogP contribution in [0.15, 0.2) is 41.3 Å². The Balaban J connectivity index is 2.23. The molecule has 3 aromatic rings. The van der Waals surface area contributed by atoms with Gasteiger partial charge in [0.05, 0.1) is 5.56 Å². The fraction of sp³-hybridized carbons (Fsp3) is 0. The Morgan fingerprint density at radius 1 is 1.00 bits per heavy atom. The Kier molecular flexibility index (Phi) is 6.48. The summed E-state index contributed by atoms with van der Waals surface area (Å²) in [6.07, 6.45) is 0. The van der Waals surface area contributed by atoms with Gasteiger partial charge in [0.1, 0.15) is 4.90 Å². The predicted octanol–water partition coefficient (Wildman–Crippen LogP) is 5.40. The van der Waals surface area contributed by atoms with Crippen molar-refractivity contribution in [3.63, 3.8) is 0 Å². The lowest BCUT2D eigenvalue weighted by atomic mass is 10.1. The molecular weight excluding hydrogens is 735 g/mol. The highest BCUT2D eigenvalue weighted by atomic mass is 127. The van der Waals surface area contributed by atoms with E-state index in [0.29, 0.717) is 3.57 Å². The van der Waals surface area contributed by atoms with Gasteiger partial charge in [-0.05, 0) is 79.9 Å². The number of esters is 1. The molecule has 0 amide bonds. The Labute approximate surface area is 199 Å². The van der Waals surface area contributed by atoms with Crippen LogP contribution in [0.1, 0.15) is 10.4 Å². The predicted molar refractivity (Wildman–Crippen MR) is 123 cm³/mol. The molecule has 0 bridgehead atoms. The van der Waals surface area contributed by atoms with Gasteiger partial charge in [-0.3, -0.25) is 4.55 Å². The molecule has 0 radical (unpaired) electrons. The molecule has 28 heavy (non-hydrogen) atoms. The Morgan fingerprint density at radius 3 is 2.21 bits per heavy atom. The number of hydrogen-bond donors (Lipinski definition) is 1. The monoisotopic (exact) mass is 742 g/mol. The summed E-state index contributed by atoms with van der Waals surface area (Å²) in [5.41, 5.74) is 0.152. The third kappa shape index (κ3) is 4.13. The molecule has 0 saturated heterocycles. The number of rotatable bonds is 3. The van der Waals surface area contributed by atoms with Crippen molar-refractivity contribution in [1.82, 2.24) is 0 Å². The van der Waals surface area contributed by atoms with E-state index in [-0.39, 0.29) is 16.3 Å². The van der Waals surface area contributed by atoms with Crippen molar-refractivity contribution in [1.29, 1.82) is 0 Å². The summed E-state index contributed by atoms with van der Waals surface area (Å²) in [4.78, 5) is 11.4. The highest BCUT2D eigenvalue weighted by Gasteiger charge is 2.29. The van der Waals surface area contributed by atoms with Crippen molar-refractivity contribution in [3.05, 3.63) is 64.3 Å². The van der Waals surface area contributed by atoms with E-state index in [1.807, 2.05) is 73.8 Å². The maximum absolute atomic E-state index is 14.6. The van der Waals surface area contributed by atoms with E-state index in [0.717, 1.165) is 7.14 Å². The maximum Gasteiger partial charge on any atom is 0.344 e. The van der Waals surface area contributed by atoms with Crippen molar-refractivity contribution >= 4 is 94.6 Å². The lowest BCUT2D eigenvalue weighted by Crippen LogP contribution is -2.14. The van der Waals surface area contributed by atoms with Gasteiger partial charge < -0.3 is 4.74 Å². The highest BCUT2D eigenvalue weighted by Crippen LogP contribution is 2.37. The van der Waals surface area contributed by atoms with Gasteiger partial charge in [-0.1, -0.05) is 24.3 Å². The summed E-state index contributed by atoms with van der Waals surface area (Å²) in [5, 5.41) is -0.476. The average Bonchev–Trinajstić information content (AvgIpc) is 2.60. The fourth-order valence-electron chi connectivity index (χ4n) is 2.52. The molecule has 0 aliphatic rings. The maximum atomic E-state index is 14.6. The van der Waals surface area contributed by atoms with E-state index in [4.69, 9.17) is 4.74 Å². The molecule has 146 valence electrons. The van der Waals surface area contributed by atoms with Gasteiger partial charge in [-0.2, -0.15) is 12.8 Å². The molecule has 0 unspecified atom stereocenters. The van der Waals surface area contributed by atoms with Crippen LogP contribution in [0.5, 0.6) is 5.75 Å². The first-order valence-corrected chi connectivity index (χ1v) is 11.9. The standard InChI is InChI=1S/C17H7F2I3O5S/c18-12-13(19)16(28(24,25)26)9-4-2-1-3-8(9)15(12)27-17(23)10-5-7(20)6-11(21)14(10)22/h1-6H,(H,24,25,26). The van der Waals surface area contributed by atoms with Crippen LogP contribution < -0.4 is 4.74 Å². The van der Waals surface area contributed by atoms with E-state index in [9.17, 15) is 26.5 Å². The minimum Gasteiger partial charge on any atom is -0.419 e. The molecule has 11 heteroatoms. The van der Waals surface area contributed by atoms with Crippen LogP contribution in [0, 0.1) is 22.3 Å². The zero-order valence-corrected chi connectivity index (χ0v) is 20.6. The van der Waals surface area contributed by atoms with Gasteiger partial charge in [-0.25, -0.2) is 9.18 Å². The summed E-state index contributed by atoms with van der Waals surface area (Å²) in [6.45, 7) is 0. The Bertz CT molecular complexity index is 1250. The average molecular weight is 742 g/mol. The van der Waals surface area contributed by atoms with Crippen LogP contribution in [0.4, 0.5) is 8.78 Å². The molecule has 0 heterocycles. The minimum atomic E-state index is -5.06. The third-order valence-corrected chi connectivity index (χ3v) is 8.26. The molecule has 3 aromatic carbocycles. The first-order chi connectivity index (χ1) is 13.0. The van der Waals surface area contributed by atoms with Crippen molar-refractivity contribution < 1.29 is 31.3 Å². The number of benzene rings is 3. The van der Waals surface area contributed by atoms with Crippen molar-refractivity contribution in [2.45, 2.75) is 4.90 Å². The molecule has 0 aliphatic carbocycles. The van der Waals surface area contributed by atoms with Crippen LogP contribution in [0.2, 0.25) is 0 Å². The number of carbonyl (C=O) groups is 1. The van der Waals surface area contributed by atoms with E-state index < -0.39 is 38.4 Å². The summed E-state index contributed by atoms with van der Waals surface area (Å²) in [7, 11) is -5.06. The smallest absolute Gasteiger partial charge is 0.344 e. The van der Waals surface area contributed by atoms with E-state index in [2.05, 4.69) is 0 Å².